The van der Waals surface area contributed by atoms with Gasteiger partial charge >= 0.3 is 10.1 Å². The molecule has 0 radical (unpaired) electrons. The largest absolute Gasteiger partial charge is 0.497 e. The lowest BCUT2D eigenvalue weighted by atomic mass is 10.2. The van der Waals surface area contributed by atoms with E-state index in [4.69, 9.17) is 8.92 Å². The molecule has 0 bridgehead atoms. The van der Waals surface area contributed by atoms with Crippen molar-refractivity contribution in [2.24, 2.45) is 0 Å². The molecule has 20 heavy (non-hydrogen) atoms. The molecule has 0 heterocycles. The van der Waals surface area contributed by atoms with E-state index in [2.05, 4.69) is 0 Å². The molecule has 0 saturated carbocycles. The molecule has 0 amide bonds. The fraction of sp³-hybridized carbons (Fsp3) is 0.200. The Morgan fingerprint density at radius 3 is 2.05 bits per heavy atom. The molecule has 0 unspecified atom stereocenters. The summed E-state index contributed by atoms with van der Waals surface area (Å²) in [5.74, 6) is 0.895. The van der Waals surface area contributed by atoms with E-state index in [1.54, 1.807) is 50.4 Å². The van der Waals surface area contributed by atoms with Crippen molar-refractivity contribution >= 4 is 10.1 Å². The molecular weight excluding hydrogens is 276 g/mol. The van der Waals surface area contributed by atoms with Crippen molar-refractivity contribution in [2.45, 2.75) is 18.7 Å². The van der Waals surface area contributed by atoms with Crippen LogP contribution in [0, 0.1) is 13.8 Å². The van der Waals surface area contributed by atoms with Crippen LogP contribution in [0.5, 0.6) is 11.5 Å². The maximum absolute atomic E-state index is 12.2. The molecule has 0 aliphatic carbocycles. The fourth-order valence-electron chi connectivity index (χ4n) is 1.88. The second kappa shape index (κ2) is 5.54. The summed E-state index contributed by atoms with van der Waals surface area (Å²) in [5.41, 5.74) is 1.67. The zero-order chi connectivity index (χ0) is 14.8. The Morgan fingerprint density at radius 2 is 1.50 bits per heavy atom. The van der Waals surface area contributed by atoms with Crippen molar-refractivity contribution in [3.8, 4) is 11.5 Å². The van der Waals surface area contributed by atoms with Gasteiger partial charge in [-0.1, -0.05) is 17.7 Å². The van der Waals surface area contributed by atoms with Crippen LogP contribution in [0.15, 0.2) is 47.4 Å². The molecular formula is C15H16O4S. The van der Waals surface area contributed by atoms with Crippen molar-refractivity contribution in [3.63, 3.8) is 0 Å². The summed E-state index contributed by atoms with van der Waals surface area (Å²) in [7, 11) is -2.28. The Labute approximate surface area is 119 Å². The van der Waals surface area contributed by atoms with E-state index in [-0.39, 0.29) is 10.6 Å². The average molecular weight is 292 g/mol. The molecule has 2 aromatic rings. The van der Waals surface area contributed by atoms with Gasteiger partial charge in [-0.2, -0.15) is 8.42 Å². The maximum Gasteiger partial charge on any atom is 0.339 e. The normalized spacial score (nSPS) is 11.2. The summed E-state index contributed by atoms with van der Waals surface area (Å²) < 4.78 is 34.6. The average Bonchev–Trinajstić information content (AvgIpc) is 2.38. The zero-order valence-electron chi connectivity index (χ0n) is 11.6. The van der Waals surface area contributed by atoms with Crippen molar-refractivity contribution in [1.82, 2.24) is 0 Å². The van der Waals surface area contributed by atoms with Crippen molar-refractivity contribution < 1.29 is 17.3 Å². The van der Waals surface area contributed by atoms with Crippen LogP contribution in [0.2, 0.25) is 0 Å². The third kappa shape index (κ3) is 3.11. The Morgan fingerprint density at radius 1 is 0.900 bits per heavy atom. The minimum atomic E-state index is -3.82. The van der Waals surface area contributed by atoms with Crippen LogP contribution in [0.4, 0.5) is 0 Å². The fourth-order valence-corrected chi connectivity index (χ4v) is 3.02. The maximum atomic E-state index is 12.2. The number of methoxy groups -OCH3 is 1. The highest BCUT2D eigenvalue weighted by Gasteiger charge is 2.19. The summed E-state index contributed by atoms with van der Waals surface area (Å²) in [6.07, 6.45) is 0. The lowest BCUT2D eigenvalue weighted by Gasteiger charge is -2.10. The standard InChI is InChI=1S/C15H16O4S/c1-11-4-9-15(12(2)10-11)20(16,17)19-14-7-5-13(18-3)6-8-14/h4-10H,1-3H3. The van der Waals surface area contributed by atoms with E-state index in [0.29, 0.717) is 11.3 Å². The van der Waals surface area contributed by atoms with Crippen LogP contribution in [-0.4, -0.2) is 15.5 Å². The Kier molecular flexibility index (Phi) is 3.99. The van der Waals surface area contributed by atoms with E-state index in [9.17, 15) is 8.42 Å². The molecule has 2 rings (SSSR count). The van der Waals surface area contributed by atoms with Gasteiger partial charge in [0.05, 0.1) is 7.11 Å². The van der Waals surface area contributed by atoms with Gasteiger partial charge in [0.25, 0.3) is 0 Å². The molecule has 5 heteroatoms. The molecule has 0 spiro atoms. The van der Waals surface area contributed by atoms with Gasteiger partial charge in [-0.05, 0) is 49.7 Å². The Balaban J connectivity index is 2.30. The van der Waals surface area contributed by atoms with E-state index >= 15 is 0 Å². The predicted molar refractivity (Wildman–Crippen MR) is 76.7 cm³/mol. The zero-order valence-corrected chi connectivity index (χ0v) is 12.4. The molecule has 0 aliphatic rings. The predicted octanol–water partition coefficient (Wildman–Crippen LogP) is 3.08. The number of aryl methyl sites for hydroxylation is 2. The minimum absolute atomic E-state index is 0.180. The van der Waals surface area contributed by atoms with Gasteiger partial charge in [0, 0.05) is 0 Å². The van der Waals surface area contributed by atoms with Crippen molar-refractivity contribution in [1.29, 1.82) is 0 Å². The van der Waals surface area contributed by atoms with Crippen LogP contribution >= 0.6 is 0 Å². The summed E-state index contributed by atoms with van der Waals surface area (Å²) in [6.45, 7) is 3.66. The van der Waals surface area contributed by atoms with Crippen molar-refractivity contribution in [3.05, 3.63) is 53.6 Å². The summed E-state index contributed by atoms with van der Waals surface area (Å²) >= 11 is 0. The van der Waals surface area contributed by atoms with E-state index in [1.165, 1.54) is 0 Å². The third-order valence-electron chi connectivity index (χ3n) is 2.87. The first-order chi connectivity index (χ1) is 9.42. The smallest absolute Gasteiger partial charge is 0.339 e. The lowest BCUT2D eigenvalue weighted by Crippen LogP contribution is -2.11. The van der Waals surface area contributed by atoms with Crippen LogP contribution < -0.4 is 8.92 Å². The number of hydrogen-bond donors (Lipinski definition) is 0. The number of benzene rings is 2. The summed E-state index contributed by atoms with van der Waals surface area (Å²) in [6, 6.07) is 11.5. The summed E-state index contributed by atoms with van der Waals surface area (Å²) in [4.78, 5) is 0.180. The highest BCUT2D eigenvalue weighted by Crippen LogP contribution is 2.23. The molecule has 0 aliphatic heterocycles. The van der Waals surface area contributed by atoms with Crippen LogP contribution in [0.25, 0.3) is 0 Å². The topological polar surface area (TPSA) is 52.6 Å². The van der Waals surface area contributed by atoms with Gasteiger partial charge in [-0.15, -0.1) is 0 Å². The highest BCUT2D eigenvalue weighted by atomic mass is 32.2. The van der Waals surface area contributed by atoms with Crippen molar-refractivity contribution in [2.75, 3.05) is 7.11 Å². The van der Waals surface area contributed by atoms with Gasteiger partial charge in [-0.3, -0.25) is 0 Å². The molecule has 106 valence electrons. The van der Waals surface area contributed by atoms with E-state index < -0.39 is 10.1 Å². The number of rotatable bonds is 4. The van der Waals surface area contributed by atoms with Crippen LogP contribution in [0.3, 0.4) is 0 Å². The van der Waals surface area contributed by atoms with E-state index in [1.807, 2.05) is 13.0 Å². The number of ether oxygens (including phenoxy) is 1. The molecule has 0 fully saturated rings. The van der Waals surface area contributed by atoms with Gasteiger partial charge in [0.2, 0.25) is 0 Å². The number of hydrogen-bond acceptors (Lipinski definition) is 4. The Bertz CT molecular complexity index is 703. The molecule has 4 nitrogen and oxygen atoms in total. The highest BCUT2D eigenvalue weighted by molar-refractivity contribution is 7.87. The van der Waals surface area contributed by atoms with Gasteiger partial charge < -0.3 is 8.92 Å². The second-order valence-corrected chi connectivity index (χ2v) is 6.00. The minimum Gasteiger partial charge on any atom is -0.497 e. The molecule has 0 aromatic heterocycles. The first-order valence-corrected chi connectivity index (χ1v) is 7.49. The quantitative estimate of drug-likeness (QED) is 0.813. The van der Waals surface area contributed by atoms with E-state index in [0.717, 1.165) is 5.56 Å². The first-order valence-electron chi connectivity index (χ1n) is 6.08. The molecule has 0 N–H and O–H groups in total. The summed E-state index contributed by atoms with van der Waals surface area (Å²) in [5, 5.41) is 0. The lowest BCUT2D eigenvalue weighted by molar-refractivity contribution is 0.413. The SMILES string of the molecule is COc1ccc(OS(=O)(=O)c2ccc(C)cc2C)cc1. The second-order valence-electron chi connectivity index (χ2n) is 4.48. The monoisotopic (exact) mass is 292 g/mol. The van der Waals surface area contributed by atoms with Gasteiger partial charge in [0.15, 0.2) is 0 Å². The first kappa shape index (κ1) is 14.4. The molecule has 0 atom stereocenters. The van der Waals surface area contributed by atoms with Crippen LogP contribution in [0.1, 0.15) is 11.1 Å². The van der Waals surface area contributed by atoms with Crippen LogP contribution in [-0.2, 0) is 10.1 Å². The molecule has 0 saturated heterocycles. The Hall–Kier alpha value is -2.01. The van der Waals surface area contributed by atoms with Gasteiger partial charge in [-0.25, -0.2) is 0 Å². The molecule has 2 aromatic carbocycles. The van der Waals surface area contributed by atoms with Gasteiger partial charge in [0.1, 0.15) is 16.4 Å². The third-order valence-corrected chi connectivity index (χ3v) is 4.27.